The minimum absolute atomic E-state index is 0.152. The van der Waals surface area contributed by atoms with Gasteiger partial charge in [-0.05, 0) is 30.2 Å². The number of aromatic nitrogens is 2. The van der Waals surface area contributed by atoms with Crippen LogP contribution in [0.3, 0.4) is 0 Å². The summed E-state index contributed by atoms with van der Waals surface area (Å²) in [4.78, 5) is 0.152. The largest absolute Gasteiger partial charge is 0.326 e. The molecule has 21 heavy (non-hydrogen) atoms. The summed E-state index contributed by atoms with van der Waals surface area (Å²) in [5, 5.41) is 4.34. The fourth-order valence-electron chi connectivity index (χ4n) is 2.02. The quantitative estimate of drug-likeness (QED) is 0.866. The summed E-state index contributed by atoms with van der Waals surface area (Å²) in [6.07, 6.45) is 3.36. The molecule has 8 heteroatoms. The predicted octanol–water partition coefficient (Wildman–Crippen LogP) is 1.32. The van der Waals surface area contributed by atoms with Crippen LogP contribution in [0.2, 0.25) is 5.02 Å². The number of aryl methyl sites for hydroxylation is 1. The lowest BCUT2D eigenvalue weighted by atomic mass is 10.1. The van der Waals surface area contributed by atoms with Crippen LogP contribution in [0.4, 0.5) is 0 Å². The molecule has 2 rings (SSSR count). The highest BCUT2D eigenvalue weighted by molar-refractivity contribution is 7.89. The van der Waals surface area contributed by atoms with Crippen LogP contribution in [-0.4, -0.2) is 18.2 Å². The van der Waals surface area contributed by atoms with Crippen LogP contribution in [-0.2, 0) is 30.2 Å². The van der Waals surface area contributed by atoms with Gasteiger partial charge < -0.3 is 5.73 Å². The Kier molecular flexibility index (Phi) is 4.67. The number of nitrogens with two attached hydrogens (primary N) is 1. The highest BCUT2D eigenvalue weighted by Gasteiger charge is 2.19. The van der Waals surface area contributed by atoms with Gasteiger partial charge in [0.2, 0.25) is 10.0 Å². The molecule has 0 saturated heterocycles. The molecule has 0 fully saturated rings. The summed E-state index contributed by atoms with van der Waals surface area (Å²) in [6, 6.07) is 3.11. The number of halogens is 1. The van der Waals surface area contributed by atoms with E-state index in [0.717, 1.165) is 5.56 Å². The molecule has 0 amide bonds. The smallest absolute Gasteiger partial charge is 0.241 e. The number of nitrogens with one attached hydrogen (secondary N) is 1. The molecular formula is C13H17ClN4O2S. The maximum atomic E-state index is 12.4. The van der Waals surface area contributed by atoms with Gasteiger partial charge in [-0.15, -0.1) is 0 Å². The van der Waals surface area contributed by atoms with Crippen LogP contribution in [0.15, 0.2) is 29.4 Å². The number of hydrogen-bond donors (Lipinski definition) is 2. The third kappa shape index (κ3) is 3.62. The second kappa shape index (κ2) is 6.15. The molecule has 0 saturated carbocycles. The fraction of sp³-hybridized carbons (Fsp3) is 0.308. The lowest BCUT2D eigenvalue weighted by Crippen LogP contribution is -2.24. The van der Waals surface area contributed by atoms with Gasteiger partial charge in [-0.25, -0.2) is 13.1 Å². The van der Waals surface area contributed by atoms with Crippen LogP contribution >= 0.6 is 11.6 Å². The van der Waals surface area contributed by atoms with Gasteiger partial charge in [-0.3, -0.25) is 4.68 Å². The van der Waals surface area contributed by atoms with Crippen molar-refractivity contribution in [3.63, 3.8) is 0 Å². The van der Waals surface area contributed by atoms with Crippen LogP contribution in [0, 0.1) is 6.92 Å². The van der Waals surface area contributed by atoms with Gasteiger partial charge in [0, 0.05) is 36.9 Å². The molecule has 1 aromatic carbocycles. The Labute approximate surface area is 129 Å². The average Bonchev–Trinajstić information content (AvgIpc) is 2.84. The lowest BCUT2D eigenvalue weighted by Gasteiger charge is -2.12. The Balaban J connectivity index is 2.29. The maximum Gasteiger partial charge on any atom is 0.241 e. The monoisotopic (exact) mass is 328 g/mol. The molecule has 0 bridgehead atoms. The highest BCUT2D eigenvalue weighted by atomic mass is 35.5. The predicted molar refractivity (Wildman–Crippen MR) is 81.3 cm³/mol. The third-order valence-corrected chi connectivity index (χ3v) is 4.91. The molecular weight excluding hydrogens is 312 g/mol. The van der Waals surface area contributed by atoms with E-state index in [2.05, 4.69) is 9.82 Å². The lowest BCUT2D eigenvalue weighted by molar-refractivity contribution is 0.580. The standard InChI is InChI=1S/C13H17ClN4O2S/c1-9-11(5-15)3-12(14)4-13(9)21(19,20)17-7-10-6-16-18(2)8-10/h3-4,6,8,17H,5,7,15H2,1-2H3. The van der Waals surface area contributed by atoms with Crippen molar-refractivity contribution < 1.29 is 8.42 Å². The number of sulfonamides is 1. The van der Waals surface area contributed by atoms with E-state index in [9.17, 15) is 8.42 Å². The first-order valence-corrected chi connectivity index (χ1v) is 8.16. The Morgan fingerprint density at radius 1 is 1.43 bits per heavy atom. The van der Waals surface area contributed by atoms with Gasteiger partial charge in [-0.1, -0.05) is 11.6 Å². The zero-order valence-corrected chi connectivity index (χ0v) is 13.4. The summed E-state index contributed by atoms with van der Waals surface area (Å²) in [6.45, 7) is 2.12. The van der Waals surface area contributed by atoms with Crippen LogP contribution in [0.25, 0.3) is 0 Å². The third-order valence-electron chi connectivity index (χ3n) is 3.17. The summed E-state index contributed by atoms with van der Waals surface area (Å²) in [5.74, 6) is 0. The molecule has 0 radical (unpaired) electrons. The molecule has 0 spiro atoms. The van der Waals surface area contributed by atoms with Gasteiger partial charge >= 0.3 is 0 Å². The number of hydrogen-bond acceptors (Lipinski definition) is 4. The number of benzene rings is 1. The Morgan fingerprint density at radius 3 is 2.71 bits per heavy atom. The normalized spacial score (nSPS) is 11.8. The van der Waals surface area contributed by atoms with Gasteiger partial charge in [0.1, 0.15) is 0 Å². The average molecular weight is 329 g/mol. The molecule has 6 nitrogen and oxygen atoms in total. The second-order valence-corrected chi connectivity index (χ2v) is 6.91. The van der Waals surface area contributed by atoms with Crippen molar-refractivity contribution in [2.75, 3.05) is 0 Å². The highest BCUT2D eigenvalue weighted by Crippen LogP contribution is 2.24. The minimum atomic E-state index is -3.66. The van der Waals surface area contributed by atoms with Crippen molar-refractivity contribution in [1.82, 2.24) is 14.5 Å². The van der Waals surface area contributed by atoms with Crippen LogP contribution in [0.1, 0.15) is 16.7 Å². The van der Waals surface area contributed by atoms with Crippen molar-refractivity contribution in [2.24, 2.45) is 12.8 Å². The fourth-order valence-corrected chi connectivity index (χ4v) is 3.65. The van der Waals surface area contributed by atoms with Gasteiger partial charge in [-0.2, -0.15) is 5.10 Å². The van der Waals surface area contributed by atoms with Gasteiger partial charge in [0.05, 0.1) is 11.1 Å². The molecule has 114 valence electrons. The molecule has 1 aromatic heterocycles. The molecule has 0 aliphatic carbocycles. The van der Waals surface area contributed by atoms with E-state index in [1.54, 1.807) is 37.1 Å². The van der Waals surface area contributed by atoms with Crippen molar-refractivity contribution in [3.8, 4) is 0 Å². The topological polar surface area (TPSA) is 90.0 Å². The molecule has 2 aromatic rings. The first kappa shape index (κ1) is 16.0. The SMILES string of the molecule is Cc1c(CN)cc(Cl)cc1S(=O)(=O)NCc1cnn(C)c1. The van der Waals surface area contributed by atoms with Crippen molar-refractivity contribution in [1.29, 1.82) is 0 Å². The van der Waals surface area contributed by atoms with Crippen molar-refractivity contribution in [3.05, 3.63) is 46.2 Å². The molecule has 0 aliphatic rings. The van der Waals surface area contributed by atoms with Crippen molar-refractivity contribution in [2.45, 2.75) is 24.9 Å². The second-order valence-electron chi connectivity index (χ2n) is 4.74. The zero-order chi connectivity index (χ0) is 15.6. The molecule has 1 heterocycles. The Hall–Kier alpha value is -1.41. The van der Waals surface area contributed by atoms with E-state index in [-0.39, 0.29) is 18.0 Å². The van der Waals surface area contributed by atoms with E-state index < -0.39 is 10.0 Å². The van der Waals surface area contributed by atoms with E-state index in [1.165, 1.54) is 6.07 Å². The first-order chi connectivity index (χ1) is 9.83. The first-order valence-electron chi connectivity index (χ1n) is 6.30. The molecule has 0 aliphatic heterocycles. The summed E-state index contributed by atoms with van der Waals surface area (Å²) >= 11 is 5.97. The number of rotatable bonds is 5. The summed E-state index contributed by atoms with van der Waals surface area (Å²) in [5.41, 5.74) is 7.72. The van der Waals surface area contributed by atoms with Gasteiger partial charge in [0.15, 0.2) is 0 Å². The summed E-state index contributed by atoms with van der Waals surface area (Å²) in [7, 11) is -1.89. The van der Waals surface area contributed by atoms with E-state index in [1.807, 2.05) is 0 Å². The van der Waals surface area contributed by atoms with E-state index >= 15 is 0 Å². The number of nitrogens with zero attached hydrogens (tertiary/aromatic N) is 2. The van der Waals surface area contributed by atoms with Crippen LogP contribution in [0.5, 0.6) is 0 Å². The van der Waals surface area contributed by atoms with E-state index in [4.69, 9.17) is 17.3 Å². The van der Waals surface area contributed by atoms with Gasteiger partial charge in [0.25, 0.3) is 0 Å². The molecule has 3 N–H and O–H groups in total. The zero-order valence-electron chi connectivity index (χ0n) is 11.8. The van der Waals surface area contributed by atoms with E-state index in [0.29, 0.717) is 16.1 Å². The maximum absolute atomic E-state index is 12.4. The Morgan fingerprint density at radius 2 is 2.14 bits per heavy atom. The minimum Gasteiger partial charge on any atom is -0.326 e. The molecule has 0 unspecified atom stereocenters. The Bertz CT molecular complexity index is 756. The summed E-state index contributed by atoms with van der Waals surface area (Å²) < 4.78 is 29.0. The van der Waals surface area contributed by atoms with Crippen molar-refractivity contribution >= 4 is 21.6 Å². The van der Waals surface area contributed by atoms with Crippen LogP contribution < -0.4 is 10.5 Å². The molecule has 0 atom stereocenters.